The van der Waals surface area contributed by atoms with E-state index < -0.39 is 18.0 Å². The molecule has 0 aromatic carbocycles. The number of ether oxygens (including phenoxy) is 1. The summed E-state index contributed by atoms with van der Waals surface area (Å²) in [6.45, 7) is 5.32. The zero-order chi connectivity index (χ0) is 21.7. The number of urea groups is 1. The summed E-state index contributed by atoms with van der Waals surface area (Å²) in [5.74, 6) is -0.392. The van der Waals surface area contributed by atoms with E-state index in [4.69, 9.17) is 4.74 Å². The van der Waals surface area contributed by atoms with Crippen molar-refractivity contribution < 1.29 is 29.1 Å². The summed E-state index contributed by atoms with van der Waals surface area (Å²) in [6, 6.07) is -0.503. The van der Waals surface area contributed by atoms with E-state index >= 15 is 0 Å². The van der Waals surface area contributed by atoms with Crippen molar-refractivity contribution in [2.24, 2.45) is 0 Å². The predicted octanol–water partition coefficient (Wildman–Crippen LogP) is 0.730. The number of rotatable bonds is 9. The highest BCUT2D eigenvalue weighted by atomic mass is 32.2. The minimum atomic E-state index is -0.734. The summed E-state index contributed by atoms with van der Waals surface area (Å²) in [5.41, 5.74) is 0.901. The van der Waals surface area contributed by atoms with Gasteiger partial charge in [0, 0.05) is 13.0 Å². The van der Waals surface area contributed by atoms with E-state index in [0.29, 0.717) is 36.1 Å². The molecule has 0 saturated carbocycles. The Labute approximate surface area is 179 Å². The van der Waals surface area contributed by atoms with Crippen LogP contribution in [0.15, 0.2) is 18.0 Å². The fraction of sp³-hybridized carbons (Fsp3) is 0.632. The van der Waals surface area contributed by atoms with E-state index in [-0.39, 0.29) is 24.8 Å². The van der Waals surface area contributed by atoms with Gasteiger partial charge in [-0.1, -0.05) is 30.3 Å². The molecule has 2 N–H and O–H groups in total. The number of aliphatic hydroxyl groups excluding tert-OH is 2. The summed E-state index contributed by atoms with van der Waals surface area (Å²) in [7, 11) is 0. The van der Waals surface area contributed by atoms with Crippen LogP contribution in [0.5, 0.6) is 0 Å². The molecule has 1 saturated heterocycles. The van der Waals surface area contributed by atoms with Gasteiger partial charge >= 0.3 is 11.9 Å². The van der Waals surface area contributed by atoms with Crippen molar-refractivity contribution in [2.45, 2.75) is 57.6 Å². The van der Waals surface area contributed by atoms with Gasteiger partial charge in [-0.15, -0.1) is 10.00 Å². The molecule has 2 aliphatic rings. The average Bonchev–Trinajstić information content (AvgIpc) is 3.33. The molecule has 3 rings (SSSR count). The van der Waals surface area contributed by atoms with Gasteiger partial charge in [0.25, 0.3) is 0 Å². The molecule has 10 nitrogen and oxygen atoms in total. The molecule has 0 spiro atoms. The topological polar surface area (TPSA) is 121 Å². The van der Waals surface area contributed by atoms with Crippen molar-refractivity contribution >= 4 is 28.7 Å². The van der Waals surface area contributed by atoms with Crippen LogP contribution >= 0.6 is 11.8 Å². The normalized spacial score (nSPS) is 24.7. The predicted molar refractivity (Wildman–Crippen MR) is 110 cm³/mol. The number of thioether (sulfide) groups is 1. The third kappa shape index (κ3) is 5.15. The van der Waals surface area contributed by atoms with Gasteiger partial charge in [0.15, 0.2) is 0 Å². The minimum Gasteiger partial charge on any atom is -0.395 e. The summed E-state index contributed by atoms with van der Waals surface area (Å²) >= 11 is 1.25. The molecule has 1 aromatic rings. The highest BCUT2D eigenvalue weighted by Gasteiger charge is 2.43. The molecule has 0 aliphatic carbocycles. The van der Waals surface area contributed by atoms with Crippen LogP contribution in [0.25, 0.3) is 0 Å². The lowest BCUT2D eigenvalue weighted by Crippen LogP contribution is -2.45. The van der Waals surface area contributed by atoms with Crippen LogP contribution in [-0.2, 0) is 22.6 Å². The van der Waals surface area contributed by atoms with Gasteiger partial charge in [0.1, 0.15) is 23.5 Å². The van der Waals surface area contributed by atoms with E-state index in [1.807, 2.05) is 0 Å². The van der Waals surface area contributed by atoms with Crippen LogP contribution in [0.2, 0.25) is 0 Å². The van der Waals surface area contributed by atoms with Crippen molar-refractivity contribution in [2.75, 3.05) is 19.8 Å². The smallest absolute Gasteiger partial charge is 0.395 e. The fourth-order valence-electron chi connectivity index (χ4n) is 3.17. The zero-order valence-electron chi connectivity index (χ0n) is 17.2. The van der Waals surface area contributed by atoms with Gasteiger partial charge < -0.3 is 14.9 Å². The average molecular weight is 439 g/mol. The Morgan fingerprint density at radius 2 is 2.17 bits per heavy atom. The first kappa shape index (κ1) is 22.6. The molecule has 164 valence electrons. The van der Waals surface area contributed by atoms with E-state index in [1.54, 1.807) is 17.8 Å². The van der Waals surface area contributed by atoms with Gasteiger partial charge in [-0.3, -0.25) is 0 Å². The summed E-state index contributed by atoms with van der Waals surface area (Å²) < 4.78 is 8.53. The van der Waals surface area contributed by atoms with Crippen molar-refractivity contribution in [3.63, 3.8) is 0 Å². The van der Waals surface area contributed by atoms with Gasteiger partial charge in [-0.25, -0.2) is 9.48 Å². The van der Waals surface area contributed by atoms with E-state index in [2.05, 4.69) is 17.2 Å². The van der Waals surface area contributed by atoms with Crippen molar-refractivity contribution in [1.29, 1.82) is 0 Å². The molecule has 0 bridgehead atoms. The van der Waals surface area contributed by atoms with Gasteiger partial charge in [0.2, 0.25) is 0 Å². The molecule has 2 aliphatic heterocycles. The number of carbonyl (C=O) groups is 2. The quantitative estimate of drug-likeness (QED) is 0.428. The molecule has 1 fully saturated rings. The van der Waals surface area contributed by atoms with Gasteiger partial charge in [0.05, 0.1) is 42.9 Å². The molecular formula is C19H28N5O5S+. The van der Waals surface area contributed by atoms with E-state index in [1.165, 1.54) is 22.5 Å². The first-order chi connectivity index (χ1) is 14.4. The van der Waals surface area contributed by atoms with E-state index in [0.717, 1.165) is 17.7 Å². The second kappa shape index (κ2) is 10.3. The number of aromatic nitrogens is 3. The maximum Gasteiger partial charge on any atom is 0.506 e. The van der Waals surface area contributed by atoms with Crippen LogP contribution in [-0.4, -0.2) is 82.8 Å². The lowest BCUT2D eigenvalue weighted by atomic mass is 10.2. The summed E-state index contributed by atoms with van der Waals surface area (Å²) in [6.07, 6.45) is 4.79. The lowest BCUT2D eigenvalue weighted by Gasteiger charge is -2.18. The molecule has 3 heterocycles. The highest BCUT2D eigenvalue weighted by Crippen LogP contribution is 2.30. The third-order valence-corrected chi connectivity index (χ3v) is 6.31. The van der Waals surface area contributed by atoms with Crippen LogP contribution < -0.4 is 0 Å². The number of nitrogens with zero attached hydrogens (tertiary/aromatic N) is 5. The first-order valence-electron chi connectivity index (χ1n) is 10.1. The number of hydrogen-bond acceptors (Lipinski definition) is 8. The highest BCUT2D eigenvalue weighted by molar-refractivity contribution is 8.14. The summed E-state index contributed by atoms with van der Waals surface area (Å²) in [4.78, 5) is 26.7. The van der Waals surface area contributed by atoms with Crippen molar-refractivity contribution in [3.8, 4) is 0 Å². The van der Waals surface area contributed by atoms with Gasteiger partial charge in [-0.2, -0.15) is 9.37 Å². The second-order valence-electron chi connectivity index (χ2n) is 7.30. The Kier molecular flexibility index (Phi) is 7.75. The second-order valence-corrected chi connectivity index (χ2v) is 8.61. The standard InChI is InChI=1S/C19H28N5O5S/c1-3-4-6-29-7-5-22-10-14(20-21-22)11-24-18(27)13(2)9-23(19(24)28)17-8-15(26)16(12-25)30-17/h9-10,15-16,25-26H,3-8,11-12H2,1-2H3/q+1. The maximum atomic E-state index is 13.0. The number of hydrogen-bond donors (Lipinski definition) is 2. The minimum absolute atomic E-state index is 0.0000324. The monoisotopic (exact) mass is 438 g/mol. The molecule has 30 heavy (non-hydrogen) atoms. The molecule has 11 heteroatoms. The molecule has 2 atom stereocenters. The van der Waals surface area contributed by atoms with E-state index in [9.17, 15) is 19.8 Å². The number of amides is 3. The number of carbonyl (C=O) groups excluding carboxylic acids is 2. The van der Waals surface area contributed by atoms with Crippen molar-refractivity contribution in [3.05, 3.63) is 23.7 Å². The molecule has 0 radical (unpaired) electrons. The Balaban J connectivity index is 1.69. The molecule has 3 amide bonds. The fourth-order valence-corrected chi connectivity index (χ4v) is 4.36. The van der Waals surface area contributed by atoms with Crippen LogP contribution in [0.3, 0.4) is 0 Å². The number of aliphatic hydroxyl groups is 2. The zero-order valence-corrected chi connectivity index (χ0v) is 18.0. The Hall–Kier alpha value is -2.08. The summed E-state index contributed by atoms with van der Waals surface area (Å²) in [5, 5.41) is 27.7. The van der Waals surface area contributed by atoms with Crippen molar-refractivity contribution in [1.82, 2.24) is 19.9 Å². The Bertz CT molecular complexity index is 852. The molecule has 1 aromatic heterocycles. The number of imide groups is 1. The first-order valence-corrected chi connectivity index (χ1v) is 10.9. The van der Waals surface area contributed by atoms with Crippen LogP contribution in [0.1, 0.15) is 38.8 Å². The Morgan fingerprint density at radius 1 is 1.37 bits per heavy atom. The third-order valence-electron chi connectivity index (χ3n) is 4.90. The van der Waals surface area contributed by atoms with Gasteiger partial charge in [-0.05, 0) is 13.3 Å². The number of unbranched alkanes of at least 4 members (excludes halogenated alkanes) is 1. The molecular weight excluding hydrogens is 410 g/mol. The molecule has 2 unspecified atom stereocenters. The van der Waals surface area contributed by atoms with Crippen LogP contribution in [0.4, 0.5) is 4.79 Å². The Morgan fingerprint density at radius 3 is 2.87 bits per heavy atom. The maximum absolute atomic E-state index is 13.0. The lowest BCUT2D eigenvalue weighted by molar-refractivity contribution is -0.362. The SMILES string of the molecule is CCCCOCCn1cc(CN2C(=O)C(C)=C[N+](=C3CC(O)C(CO)S3)C2=O)nn1. The largest absolute Gasteiger partial charge is 0.506 e. The van der Waals surface area contributed by atoms with Crippen LogP contribution in [0, 0.1) is 0 Å².